The van der Waals surface area contributed by atoms with Crippen molar-refractivity contribution in [2.45, 2.75) is 49.1 Å². The number of carbonyl (C=O) groups excluding carboxylic acids is 3. The third kappa shape index (κ3) is 4.00. The zero-order chi connectivity index (χ0) is 23.1. The minimum absolute atomic E-state index is 0.0902. The number of benzene rings is 1. The first kappa shape index (κ1) is 22.7. The molecule has 1 unspecified atom stereocenters. The van der Waals surface area contributed by atoms with E-state index in [0.717, 1.165) is 17.7 Å². The molecule has 4 amide bonds. The van der Waals surface area contributed by atoms with Crippen LogP contribution in [0.5, 0.6) is 0 Å². The number of urea groups is 1. The first-order valence-electron chi connectivity index (χ1n) is 10.9. The van der Waals surface area contributed by atoms with Crippen LogP contribution in [-0.4, -0.2) is 85.2 Å². The minimum atomic E-state index is -3.69. The minimum Gasteiger partial charge on any atom is -0.324 e. The van der Waals surface area contributed by atoms with E-state index in [9.17, 15) is 22.8 Å². The maximum Gasteiger partial charge on any atom is 0.325 e. The van der Waals surface area contributed by atoms with E-state index in [0.29, 0.717) is 44.7 Å². The predicted octanol–water partition coefficient (Wildman–Crippen LogP) is 0.814. The van der Waals surface area contributed by atoms with Crippen molar-refractivity contribution in [1.82, 2.24) is 19.4 Å². The van der Waals surface area contributed by atoms with Crippen LogP contribution < -0.4 is 10.6 Å². The number of imide groups is 1. The Morgan fingerprint density at radius 1 is 1.12 bits per heavy atom. The predicted molar refractivity (Wildman–Crippen MR) is 117 cm³/mol. The van der Waals surface area contributed by atoms with Crippen molar-refractivity contribution in [3.63, 3.8) is 0 Å². The molecule has 1 aromatic rings. The number of hydrogen-bond donors (Lipinski definition) is 2. The van der Waals surface area contributed by atoms with Gasteiger partial charge < -0.3 is 15.5 Å². The van der Waals surface area contributed by atoms with Crippen LogP contribution in [0.25, 0.3) is 0 Å². The zero-order valence-electron chi connectivity index (χ0n) is 18.3. The molecule has 3 aliphatic rings. The lowest BCUT2D eigenvalue weighted by molar-refractivity contribution is -0.136. The normalized spacial score (nSPS) is 22.9. The summed E-state index contributed by atoms with van der Waals surface area (Å²) in [5, 5.41) is 5.42. The molecular weight excluding hydrogens is 434 g/mol. The standard InChI is InChI=1S/C21H29N5O5S/c1-15(26-19(28)21(23-20(26)29)8-3-4-9-21)18(27)22-16-6-5-7-17(14-16)32(30,31)25-12-10-24(2)11-13-25/h5-7,14-15H,3-4,8-13H2,1-2H3,(H,22,27)(H,23,29). The van der Waals surface area contributed by atoms with Crippen molar-refractivity contribution < 1.29 is 22.8 Å². The van der Waals surface area contributed by atoms with Gasteiger partial charge in [-0.3, -0.25) is 9.59 Å². The van der Waals surface area contributed by atoms with Crippen molar-refractivity contribution in [2.75, 3.05) is 38.5 Å². The fraction of sp³-hybridized carbons (Fsp3) is 0.571. The van der Waals surface area contributed by atoms with Gasteiger partial charge in [0.05, 0.1) is 4.90 Å². The smallest absolute Gasteiger partial charge is 0.324 e. The van der Waals surface area contributed by atoms with Crippen molar-refractivity contribution in [3.05, 3.63) is 24.3 Å². The molecule has 0 aromatic heterocycles. The molecule has 0 radical (unpaired) electrons. The van der Waals surface area contributed by atoms with Crippen molar-refractivity contribution in [1.29, 1.82) is 0 Å². The fourth-order valence-corrected chi connectivity index (χ4v) is 6.05. The number of carbonyl (C=O) groups is 3. The Bertz CT molecular complexity index is 1030. The molecule has 3 fully saturated rings. The van der Waals surface area contributed by atoms with Gasteiger partial charge in [-0.05, 0) is 45.0 Å². The van der Waals surface area contributed by atoms with Gasteiger partial charge in [0.25, 0.3) is 5.91 Å². The number of anilines is 1. The number of hydrogen-bond acceptors (Lipinski definition) is 6. The number of rotatable bonds is 5. The van der Waals surface area contributed by atoms with E-state index >= 15 is 0 Å². The lowest BCUT2D eigenvalue weighted by atomic mass is 9.97. The van der Waals surface area contributed by atoms with E-state index in [1.807, 2.05) is 7.05 Å². The van der Waals surface area contributed by atoms with Crippen LogP contribution in [0.15, 0.2) is 29.2 Å². The van der Waals surface area contributed by atoms with Gasteiger partial charge in [-0.1, -0.05) is 18.9 Å². The topological polar surface area (TPSA) is 119 Å². The Morgan fingerprint density at radius 2 is 1.78 bits per heavy atom. The van der Waals surface area contributed by atoms with Crippen LogP contribution in [0, 0.1) is 0 Å². The van der Waals surface area contributed by atoms with E-state index in [2.05, 4.69) is 15.5 Å². The highest BCUT2D eigenvalue weighted by atomic mass is 32.2. The lowest BCUT2D eigenvalue weighted by Gasteiger charge is -2.31. The van der Waals surface area contributed by atoms with Crippen LogP contribution in [0.2, 0.25) is 0 Å². The summed E-state index contributed by atoms with van der Waals surface area (Å²) in [5.74, 6) is -0.924. The van der Waals surface area contributed by atoms with Crippen LogP contribution in [-0.2, 0) is 19.6 Å². The molecule has 174 valence electrons. The van der Waals surface area contributed by atoms with Gasteiger partial charge in [-0.2, -0.15) is 4.31 Å². The molecule has 4 rings (SSSR count). The van der Waals surface area contributed by atoms with E-state index in [-0.39, 0.29) is 10.8 Å². The summed E-state index contributed by atoms with van der Waals surface area (Å²) in [5.41, 5.74) is -0.595. The van der Waals surface area contributed by atoms with Crippen molar-refractivity contribution in [3.8, 4) is 0 Å². The summed E-state index contributed by atoms with van der Waals surface area (Å²) >= 11 is 0. The van der Waals surface area contributed by atoms with Crippen molar-refractivity contribution >= 4 is 33.6 Å². The molecule has 10 nitrogen and oxygen atoms in total. The van der Waals surface area contributed by atoms with Crippen LogP contribution in [0.1, 0.15) is 32.6 Å². The third-order valence-electron chi connectivity index (χ3n) is 6.62. The summed E-state index contributed by atoms with van der Waals surface area (Å²) in [6.07, 6.45) is 2.87. The monoisotopic (exact) mass is 463 g/mol. The summed E-state index contributed by atoms with van der Waals surface area (Å²) in [6.45, 7) is 3.60. The van der Waals surface area contributed by atoms with E-state index in [1.165, 1.54) is 23.4 Å². The first-order chi connectivity index (χ1) is 15.1. The lowest BCUT2D eigenvalue weighted by Crippen LogP contribution is -2.48. The summed E-state index contributed by atoms with van der Waals surface area (Å²) in [7, 11) is -1.74. The maximum absolute atomic E-state index is 13.0. The highest BCUT2D eigenvalue weighted by Crippen LogP contribution is 2.36. The second kappa shape index (κ2) is 8.45. The molecule has 1 saturated carbocycles. The van der Waals surface area contributed by atoms with E-state index in [4.69, 9.17) is 0 Å². The van der Waals surface area contributed by atoms with Gasteiger partial charge in [-0.25, -0.2) is 18.1 Å². The molecule has 2 heterocycles. The molecule has 2 N–H and O–H groups in total. The Balaban J connectivity index is 1.47. The molecule has 2 aliphatic heterocycles. The molecule has 11 heteroatoms. The van der Waals surface area contributed by atoms with Crippen molar-refractivity contribution in [2.24, 2.45) is 0 Å². The first-order valence-corrected chi connectivity index (χ1v) is 12.3. The molecule has 0 bridgehead atoms. The highest BCUT2D eigenvalue weighted by molar-refractivity contribution is 7.89. The Kier molecular flexibility index (Phi) is 5.99. The van der Waals surface area contributed by atoms with Gasteiger partial charge in [-0.15, -0.1) is 0 Å². The quantitative estimate of drug-likeness (QED) is 0.624. The number of piperazine rings is 1. The zero-order valence-corrected chi connectivity index (χ0v) is 19.2. The average Bonchev–Trinajstić information content (AvgIpc) is 3.32. The second-order valence-electron chi connectivity index (χ2n) is 8.79. The van der Waals surface area contributed by atoms with Crippen LogP contribution in [0.3, 0.4) is 0 Å². The van der Waals surface area contributed by atoms with Crippen LogP contribution in [0.4, 0.5) is 10.5 Å². The maximum atomic E-state index is 13.0. The number of likely N-dealkylation sites (N-methyl/N-ethyl adjacent to an activating group) is 1. The SMILES string of the molecule is CC(C(=O)Nc1cccc(S(=O)(=O)N2CCN(C)CC2)c1)N1C(=O)NC2(CCCC2)C1=O. The molecule has 32 heavy (non-hydrogen) atoms. The van der Waals surface area contributed by atoms with Gasteiger partial charge in [0.15, 0.2) is 0 Å². The van der Waals surface area contributed by atoms with Gasteiger partial charge in [0.1, 0.15) is 11.6 Å². The molecule has 1 atom stereocenters. The number of sulfonamides is 1. The number of nitrogens with one attached hydrogen (secondary N) is 2. The molecule has 1 spiro atoms. The number of amides is 4. The average molecular weight is 464 g/mol. The number of nitrogens with zero attached hydrogens (tertiary/aromatic N) is 3. The summed E-state index contributed by atoms with van der Waals surface area (Å²) < 4.78 is 27.4. The van der Waals surface area contributed by atoms with Gasteiger partial charge >= 0.3 is 6.03 Å². The molecule has 1 aliphatic carbocycles. The van der Waals surface area contributed by atoms with Gasteiger partial charge in [0, 0.05) is 31.9 Å². The van der Waals surface area contributed by atoms with Gasteiger partial charge in [0.2, 0.25) is 15.9 Å². The molecule has 1 aromatic carbocycles. The van der Waals surface area contributed by atoms with Crippen LogP contribution >= 0.6 is 0 Å². The van der Waals surface area contributed by atoms with E-state index in [1.54, 1.807) is 12.1 Å². The molecular formula is C21H29N5O5S. The third-order valence-corrected chi connectivity index (χ3v) is 8.51. The van der Waals surface area contributed by atoms with E-state index < -0.39 is 33.5 Å². The Labute approximate surface area is 188 Å². The Morgan fingerprint density at radius 3 is 2.44 bits per heavy atom. The fourth-order valence-electron chi connectivity index (χ4n) is 4.59. The highest BCUT2D eigenvalue weighted by Gasteiger charge is 2.54. The summed E-state index contributed by atoms with van der Waals surface area (Å²) in [4.78, 5) is 41.3. The second-order valence-corrected chi connectivity index (χ2v) is 10.7. The molecule has 2 saturated heterocycles. The Hall–Kier alpha value is -2.50. The largest absolute Gasteiger partial charge is 0.325 e. The summed E-state index contributed by atoms with van der Waals surface area (Å²) in [6, 6.07) is 4.45.